The molecule has 0 atom stereocenters. The molecule has 0 unspecified atom stereocenters. The summed E-state index contributed by atoms with van der Waals surface area (Å²) in [5.74, 6) is 0.289. The first-order valence-electron chi connectivity index (χ1n) is 9.43. The van der Waals surface area contributed by atoms with Crippen LogP contribution < -0.4 is 15.4 Å². The third kappa shape index (κ3) is 5.94. The molecule has 5 nitrogen and oxygen atoms in total. The van der Waals surface area contributed by atoms with Crippen molar-refractivity contribution in [1.29, 1.82) is 0 Å². The number of nitrogens with one attached hydrogen (secondary N) is 2. The molecule has 0 aromatic heterocycles. The lowest BCUT2D eigenvalue weighted by atomic mass is 10.1. The number of carbonyl (C=O) groups excluding carboxylic acids is 2. The van der Waals surface area contributed by atoms with E-state index in [1.54, 1.807) is 18.2 Å². The monoisotopic (exact) mass is 388 g/mol. The molecule has 0 bridgehead atoms. The molecule has 5 heteroatoms. The summed E-state index contributed by atoms with van der Waals surface area (Å²) in [7, 11) is 0. The van der Waals surface area contributed by atoms with E-state index in [9.17, 15) is 9.59 Å². The van der Waals surface area contributed by atoms with Crippen molar-refractivity contribution in [3.05, 3.63) is 95.1 Å². The Morgan fingerprint density at radius 3 is 2.45 bits per heavy atom. The number of rotatable bonds is 7. The standard InChI is InChI=1S/C24H24N2O3/c1-17-11-12-22(18(2)13-17)29-16-23(27)25-15-19-7-6-8-20(14-19)24(28)26-21-9-4-3-5-10-21/h3-14H,15-16H2,1-2H3,(H,25,27)(H,26,28). The van der Waals surface area contributed by atoms with Crippen LogP contribution in [-0.4, -0.2) is 18.4 Å². The molecule has 0 fully saturated rings. The third-order valence-electron chi connectivity index (χ3n) is 4.40. The first-order chi connectivity index (χ1) is 14.0. The zero-order chi connectivity index (χ0) is 20.6. The van der Waals surface area contributed by atoms with Crippen molar-refractivity contribution < 1.29 is 14.3 Å². The van der Waals surface area contributed by atoms with Crippen molar-refractivity contribution in [2.24, 2.45) is 0 Å². The second kappa shape index (κ2) is 9.55. The van der Waals surface area contributed by atoms with E-state index in [-0.39, 0.29) is 18.4 Å². The van der Waals surface area contributed by atoms with Crippen molar-refractivity contribution in [2.75, 3.05) is 11.9 Å². The van der Waals surface area contributed by atoms with Crippen LogP contribution in [0, 0.1) is 13.8 Å². The van der Waals surface area contributed by atoms with Crippen molar-refractivity contribution in [3.8, 4) is 5.75 Å². The Labute approximate surface area is 170 Å². The lowest BCUT2D eigenvalue weighted by Crippen LogP contribution is -2.28. The summed E-state index contributed by atoms with van der Waals surface area (Å²) in [6.45, 7) is 4.23. The van der Waals surface area contributed by atoms with Crippen LogP contribution in [0.3, 0.4) is 0 Å². The van der Waals surface area contributed by atoms with Crippen LogP contribution in [0.5, 0.6) is 5.75 Å². The summed E-state index contributed by atoms with van der Waals surface area (Å²) in [6.07, 6.45) is 0. The number of anilines is 1. The molecule has 2 N–H and O–H groups in total. The van der Waals surface area contributed by atoms with Gasteiger partial charge in [-0.15, -0.1) is 0 Å². The highest BCUT2D eigenvalue weighted by molar-refractivity contribution is 6.04. The van der Waals surface area contributed by atoms with Gasteiger partial charge in [0.15, 0.2) is 6.61 Å². The number of hydrogen-bond donors (Lipinski definition) is 2. The quantitative estimate of drug-likeness (QED) is 0.636. The zero-order valence-corrected chi connectivity index (χ0v) is 16.6. The summed E-state index contributed by atoms with van der Waals surface area (Å²) in [6, 6.07) is 22.3. The maximum Gasteiger partial charge on any atom is 0.258 e. The van der Waals surface area contributed by atoms with Gasteiger partial charge in [-0.2, -0.15) is 0 Å². The number of hydrogen-bond acceptors (Lipinski definition) is 3. The lowest BCUT2D eigenvalue weighted by molar-refractivity contribution is -0.123. The summed E-state index contributed by atoms with van der Waals surface area (Å²) in [5.41, 5.74) is 4.25. The molecular formula is C24H24N2O3. The van der Waals surface area contributed by atoms with Gasteiger partial charge < -0.3 is 15.4 Å². The summed E-state index contributed by atoms with van der Waals surface area (Å²) < 4.78 is 5.59. The van der Waals surface area contributed by atoms with Gasteiger partial charge in [0.05, 0.1) is 0 Å². The van der Waals surface area contributed by atoms with Crippen LogP contribution in [0.4, 0.5) is 5.69 Å². The molecule has 29 heavy (non-hydrogen) atoms. The molecule has 3 aromatic carbocycles. The van der Waals surface area contributed by atoms with E-state index < -0.39 is 0 Å². The van der Waals surface area contributed by atoms with Gasteiger partial charge in [0.2, 0.25) is 0 Å². The molecule has 0 saturated carbocycles. The van der Waals surface area contributed by atoms with E-state index >= 15 is 0 Å². The Morgan fingerprint density at radius 1 is 0.897 bits per heavy atom. The number of amides is 2. The van der Waals surface area contributed by atoms with Crippen LogP contribution in [0.25, 0.3) is 0 Å². The van der Waals surface area contributed by atoms with Gasteiger partial charge >= 0.3 is 0 Å². The molecule has 0 radical (unpaired) electrons. The molecule has 3 aromatic rings. The minimum Gasteiger partial charge on any atom is -0.484 e. The minimum absolute atomic E-state index is 0.0575. The van der Waals surface area contributed by atoms with Gasteiger partial charge in [-0.3, -0.25) is 9.59 Å². The largest absolute Gasteiger partial charge is 0.484 e. The van der Waals surface area contributed by atoms with Crippen LogP contribution in [-0.2, 0) is 11.3 Å². The molecule has 0 saturated heterocycles. The molecule has 0 spiro atoms. The minimum atomic E-state index is -0.218. The number of aryl methyl sites for hydroxylation is 2. The fraction of sp³-hybridized carbons (Fsp3) is 0.167. The summed E-state index contributed by atoms with van der Waals surface area (Å²) in [5, 5.41) is 5.67. The van der Waals surface area contributed by atoms with E-state index in [1.165, 1.54) is 0 Å². The predicted molar refractivity (Wildman–Crippen MR) is 114 cm³/mol. The Hall–Kier alpha value is -3.60. The second-order valence-electron chi connectivity index (χ2n) is 6.85. The van der Waals surface area contributed by atoms with Gasteiger partial charge in [-0.1, -0.05) is 48.0 Å². The molecular weight excluding hydrogens is 364 g/mol. The van der Waals surface area contributed by atoms with E-state index in [0.29, 0.717) is 17.9 Å². The van der Waals surface area contributed by atoms with Gasteiger partial charge in [0.25, 0.3) is 11.8 Å². The van der Waals surface area contributed by atoms with Gasteiger partial charge in [-0.25, -0.2) is 0 Å². The first kappa shape index (κ1) is 20.1. The molecule has 0 heterocycles. The van der Waals surface area contributed by atoms with Gasteiger partial charge in [0.1, 0.15) is 5.75 Å². The molecule has 0 aliphatic carbocycles. The van der Waals surface area contributed by atoms with Crippen LogP contribution in [0.1, 0.15) is 27.0 Å². The molecule has 0 aliphatic rings. The Bertz CT molecular complexity index is 1000. The fourth-order valence-corrected chi connectivity index (χ4v) is 2.90. The zero-order valence-electron chi connectivity index (χ0n) is 16.6. The highest BCUT2D eigenvalue weighted by Crippen LogP contribution is 2.18. The Morgan fingerprint density at radius 2 is 1.69 bits per heavy atom. The van der Waals surface area contributed by atoms with Crippen LogP contribution in [0.2, 0.25) is 0 Å². The average Bonchev–Trinajstić information content (AvgIpc) is 2.72. The molecule has 0 aliphatic heterocycles. The summed E-state index contributed by atoms with van der Waals surface area (Å²) in [4.78, 5) is 24.5. The SMILES string of the molecule is Cc1ccc(OCC(=O)NCc2cccc(C(=O)Nc3ccccc3)c2)c(C)c1. The van der Waals surface area contributed by atoms with Gasteiger partial charge in [-0.05, 0) is 55.3 Å². The maximum absolute atomic E-state index is 12.4. The second-order valence-corrected chi connectivity index (χ2v) is 6.85. The number of carbonyl (C=O) groups is 2. The molecule has 3 rings (SSSR count). The maximum atomic E-state index is 12.4. The fourth-order valence-electron chi connectivity index (χ4n) is 2.90. The van der Waals surface area contributed by atoms with Crippen molar-refractivity contribution >= 4 is 17.5 Å². The third-order valence-corrected chi connectivity index (χ3v) is 4.40. The predicted octanol–water partition coefficient (Wildman–Crippen LogP) is 4.25. The van der Waals surface area contributed by atoms with E-state index in [4.69, 9.17) is 4.74 Å². The highest BCUT2D eigenvalue weighted by Gasteiger charge is 2.08. The first-order valence-corrected chi connectivity index (χ1v) is 9.43. The van der Waals surface area contributed by atoms with E-state index in [2.05, 4.69) is 10.6 Å². The van der Waals surface area contributed by atoms with Crippen LogP contribution >= 0.6 is 0 Å². The van der Waals surface area contributed by atoms with Crippen molar-refractivity contribution in [3.63, 3.8) is 0 Å². The van der Waals surface area contributed by atoms with Crippen LogP contribution in [0.15, 0.2) is 72.8 Å². The number of benzene rings is 3. The summed E-state index contributed by atoms with van der Waals surface area (Å²) >= 11 is 0. The van der Waals surface area contributed by atoms with E-state index in [1.807, 2.05) is 68.4 Å². The normalized spacial score (nSPS) is 10.3. The smallest absolute Gasteiger partial charge is 0.258 e. The van der Waals surface area contributed by atoms with Crippen molar-refractivity contribution in [2.45, 2.75) is 20.4 Å². The highest BCUT2D eigenvalue weighted by atomic mass is 16.5. The Balaban J connectivity index is 1.52. The number of para-hydroxylation sites is 1. The van der Waals surface area contributed by atoms with Gasteiger partial charge in [0, 0.05) is 17.8 Å². The van der Waals surface area contributed by atoms with Crippen molar-refractivity contribution in [1.82, 2.24) is 5.32 Å². The lowest BCUT2D eigenvalue weighted by Gasteiger charge is -2.11. The molecule has 2 amide bonds. The topological polar surface area (TPSA) is 67.4 Å². The van der Waals surface area contributed by atoms with E-state index in [0.717, 1.165) is 22.4 Å². The molecule has 148 valence electrons. The average molecular weight is 388 g/mol. The number of ether oxygens (including phenoxy) is 1. The Kier molecular flexibility index (Phi) is 6.63.